The largest absolute Gasteiger partial charge is 0.343 e. The minimum Gasteiger partial charge on any atom is -0.343 e. The Morgan fingerprint density at radius 1 is 1.17 bits per heavy atom. The first-order valence-corrected chi connectivity index (χ1v) is 7.11. The fourth-order valence-electron chi connectivity index (χ4n) is 3.48. The zero-order chi connectivity index (χ0) is 13.3. The lowest BCUT2D eigenvalue weighted by molar-refractivity contribution is -0.148. The molecule has 1 heterocycles. The standard InChI is InChI=1S/C14H24N2O2/c1-4-12-14(18)16(8-13(17)15-12)11-6-9(2)5-10(3)7-11/h9-12H,4-8H2,1-3H3,(H,15,17). The molecule has 0 spiro atoms. The zero-order valence-electron chi connectivity index (χ0n) is 11.6. The van der Waals surface area contributed by atoms with E-state index in [4.69, 9.17) is 0 Å². The second-order valence-electron chi connectivity index (χ2n) is 6.07. The third-order valence-corrected chi connectivity index (χ3v) is 4.23. The van der Waals surface area contributed by atoms with Gasteiger partial charge in [0, 0.05) is 6.04 Å². The normalized spacial score (nSPS) is 37.6. The first kappa shape index (κ1) is 13.4. The van der Waals surface area contributed by atoms with Crippen LogP contribution in [0.4, 0.5) is 0 Å². The van der Waals surface area contributed by atoms with E-state index in [0.717, 1.165) is 12.8 Å². The fraction of sp³-hybridized carbons (Fsp3) is 0.857. The Morgan fingerprint density at radius 2 is 1.78 bits per heavy atom. The van der Waals surface area contributed by atoms with Crippen LogP contribution in [0, 0.1) is 11.8 Å². The van der Waals surface area contributed by atoms with Crippen LogP contribution in [0.3, 0.4) is 0 Å². The number of piperazine rings is 1. The molecule has 2 fully saturated rings. The first-order valence-electron chi connectivity index (χ1n) is 7.11. The highest BCUT2D eigenvalue weighted by Gasteiger charge is 2.38. The highest BCUT2D eigenvalue weighted by Crippen LogP contribution is 2.32. The molecule has 1 aliphatic carbocycles. The van der Waals surface area contributed by atoms with Gasteiger partial charge >= 0.3 is 0 Å². The molecule has 4 nitrogen and oxygen atoms in total. The van der Waals surface area contributed by atoms with Crippen LogP contribution in [0.5, 0.6) is 0 Å². The lowest BCUT2D eigenvalue weighted by Gasteiger charge is -2.42. The Kier molecular flexibility index (Phi) is 3.93. The summed E-state index contributed by atoms with van der Waals surface area (Å²) >= 11 is 0. The number of hydrogen-bond acceptors (Lipinski definition) is 2. The van der Waals surface area contributed by atoms with Crippen molar-refractivity contribution in [1.82, 2.24) is 10.2 Å². The molecule has 102 valence electrons. The summed E-state index contributed by atoms with van der Waals surface area (Å²) < 4.78 is 0. The van der Waals surface area contributed by atoms with Crippen LogP contribution < -0.4 is 5.32 Å². The second kappa shape index (κ2) is 5.29. The zero-order valence-corrected chi connectivity index (χ0v) is 11.6. The van der Waals surface area contributed by atoms with E-state index in [2.05, 4.69) is 19.2 Å². The minimum atomic E-state index is -0.307. The van der Waals surface area contributed by atoms with E-state index in [0.29, 0.717) is 18.3 Å². The van der Waals surface area contributed by atoms with E-state index in [9.17, 15) is 9.59 Å². The predicted molar refractivity (Wildman–Crippen MR) is 69.9 cm³/mol. The summed E-state index contributed by atoms with van der Waals surface area (Å²) in [7, 11) is 0. The summed E-state index contributed by atoms with van der Waals surface area (Å²) in [6, 6.07) is -0.0462. The molecule has 1 N–H and O–H groups in total. The van der Waals surface area contributed by atoms with Crippen molar-refractivity contribution in [2.45, 2.75) is 58.5 Å². The molecule has 1 saturated carbocycles. The average Bonchev–Trinajstić information content (AvgIpc) is 2.30. The van der Waals surface area contributed by atoms with Gasteiger partial charge in [-0.2, -0.15) is 0 Å². The molecule has 3 unspecified atom stereocenters. The van der Waals surface area contributed by atoms with Crippen molar-refractivity contribution in [2.24, 2.45) is 11.8 Å². The van der Waals surface area contributed by atoms with Crippen LogP contribution in [-0.4, -0.2) is 35.3 Å². The van der Waals surface area contributed by atoms with Crippen molar-refractivity contribution in [2.75, 3.05) is 6.54 Å². The highest BCUT2D eigenvalue weighted by molar-refractivity contribution is 5.95. The number of nitrogens with zero attached hydrogens (tertiary/aromatic N) is 1. The molecular formula is C14H24N2O2. The molecule has 2 rings (SSSR count). The summed E-state index contributed by atoms with van der Waals surface area (Å²) in [6.07, 6.45) is 4.00. The average molecular weight is 252 g/mol. The summed E-state index contributed by atoms with van der Waals surface area (Å²) in [5, 5.41) is 2.78. The maximum Gasteiger partial charge on any atom is 0.245 e. The maximum absolute atomic E-state index is 12.3. The molecule has 4 heteroatoms. The van der Waals surface area contributed by atoms with Crippen molar-refractivity contribution in [3.8, 4) is 0 Å². The molecule has 0 radical (unpaired) electrons. The second-order valence-corrected chi connectivity index (χ2v) is 6.07. The summed E-state index contributed by atoms with van der Waals surface area (Å²) in [6.45, 7) is 6.68. The summed E-state index contributed by atoms with van der Waals surface area (Å²) in [4.78, 5) is 25.8. The molecule has 18 heavy (non-hydrogen) atoms. The highest BCUT2D eigenvalue weighted by atomic mass is 16.2. The van der Waals surface area contributed by atoms with Crippen LogP contribution in [0.15, 0.2) is 0 Å². The molecule has 1 saturated heterocycles. The number of amides is 2. The number of carbonyl (C=O) groups is 2. The topological polar surface area (TPSA) is 49.4 Å². The van der Waals surface area contributed by atoms with Crippen LogP contribution in [0.2, 0.25) is 0 Å². The quantitative estimate of drug-likeness (QED) is 0.810. The monoisotopic (exact) mass is 252 g/mol. The van der Waals surface area contributed by atoms with Crippen LogP contribution in [-0.2, 0) is 9.59 Å². The van der Waals surface area contributed by atoms with Crippen molar-refractivity contribution < 1.29 is 9.59 Å². The Labute approximate surface area is 109 Å². The number of hydrogen-bond donors (Lipinski definition) is 1. The third-order valence-electron chi connectivity index (χ3n) is 4.23. The lowest BCUT2D eigenvalue weighted by atomic mass is 9.79. The van der Waals surface area contributed by atoms with Gasteiger partial charge in [-0.25, -0.2) is 0 Å². The number of rotatable bonds is 2. The Morgan fingerprint density at radius 3 is 2.33 bits per heavy atom. The Hall–Kier alpha value is -1.06. The Bertz CT molecular complexity index is 333. The van der Waals surface area contributed by atoms with E-state index in [1.165, 1.54) is 6.42 Å². The molecule has 2 aliphatic rings. The Balaban J connectivity index is 2.10. The van der Waals surface area contributed by atoms with Crippen LogP contribution in [0.25, 0.3) is 0 Å². The first-order chi connectivity index (χ1) is 8.51. The predicted octanol–water partition coefficient (Wildman–Crippen LogP) is 1.55. The molecule has 0 aromatic rings. The van der Waals surface area contributed by atoms with Gasteiger partial charge in [0.05, 0.1) is 6.54 Å². The van der Waals surface area contributed by atoms with Crippen molar-refractivity contribution in [3.63, 3.8) is 0 Å². The van der Waals surface area contributed by atoms with Crippen LogP contribution >= 0.6 is 0 Å². The molecule has 2 amide bonds. The van der Waals surface area contributed by atoms with Gasteiger partial charge in [0.25, 0.3) is 0 Å². The SMILES string of the molecule is CCC1NC(=O)CN(C2CC(C)CC(C)C2)C1=O. The van der Waals surface area contributed by atoms with E-state index < -0.39 is 0 Å². The smallest absolute Gasteiger partial charge is 0.245 e. The van der Waals surface area contributed by atoms with Gasteiger partial charge in [-0.05, 0) is 37.5 Å². The van der Waals surface area contributed by atoms with Crippen molar-refractivity contribution in [3.05, 3.63) is 0 Å². The number of nitrogens with one attached hydrogen (secondary N) is 1. The fourth-order valence-corrected chi connectivity index (χ4v) is 3.48. The molecule has 1 aliphatic heterocycles. The van der Waals surface area contributed by atoms with Crippen molar-refractivity contribution >= 4 is 11.8 Å². The van der Waals surface area contributed by atoms with Crippen molar-refractivity contribution in [1.29, 1.82) is 0 Å². The molecule has 0 bridgehead atoms. The van der Waals surface area contributed by atoms with Gasteiger partial charge in [0.2, 0.25) is 11.8 Å². The van der Waals surface area contributed by atoms with Gasteiger partial charge < -0.3 is 10.2 Å². The summed E-state index contributed by atoms with van der Waals surface area (Å²) in [5.74, 6) is 1.41. The minimum absolute atomic E-state index is 0.00710. The molecule has 0 aromatic heterocycles. The third kappa shape index (κ3) is 2.68. The molecular weight excluding hydrogens is 228 g/mol. The molecule has 0 aromatic carbocycles. The van der Waals surface area contributed by atoms with E-state index in [-0.39, 0.29) is 30.4 Å². The lowest BCUT2D eigenvalue weighted by Crippen LogP contribution is -2.61. The van der Waals surface area contributed by atoms with Gasteiger partial charge in [-0.1, -0.05) is 20.8 Å². The van der Waals surface area contributed by atoms with E-state index in [1.807, 2.05) is 11.8 Å². The van der Waals surface area contributed by atoms with E-state index >= 15 is 0 Å². The van der Waals surface area contributed by atoms with Gasteiger partial charge in [0.1, 0.15) is 6.04 Å². The van der Waals surface area contributed by atoms with Gasteiger partial charge in [-0.15, -0.1) is 0 Å². The molecule has 3 atom stereocenters. The van der Waals surface area contributed by atoms with E-state index in [1.54, 1.807) is 0 Å². The number of carbonyl (C=O) groups excluding carboxylic acids is 2. The summed E-state index contributed by atoms with van der Waals surface area (Å²) in [5.41, 5.74) is 0. The van der Waals surface area contributed by atoms with Gasteiger partial charge in [-0.3, -0.25) is 9.59 Å². The maximum atomic E-state index is 12.3. The van der Waals surface area contributed by atoms with Gasteiger partial charge in [0.15, 0.2) is 0 Å². The van der Waals surface area contributed by atoms with Crippen LogP contribution in [0.1, 0.15) is 46.5 Å².